The summed E-state index contributed by atoms with van der Waals surface area (Å²) in [6, 6.07) is 7.03. The predicted octanol–water partition coefficient (Wildman–Crippen LogP) is 3.49. The Morgan fingerprint density at radius 1 is 1.23 bits per heavy atom. The van der Waals surface area contributed by atoms with E-state index in [9.17, 15) is 14.4 Å². The Balaban J connectivity index is 2.16. The summed E-state index contributed by atoms with van der Waals surface area (Å²) < 4.78 is 0. The van der Waals surface area contributed by atoms with E-state index in [0.717, 1.165) is 12.7 Å². The minimum absolute atomic E-state index is 0.0947. The number of aldehydes is 1. The molecular weight excluding hydrogens is 276 g/mol. The lowest BCUT2D eigenvalue weighted by atomic mass is 9.70. The number of rotatable bonds is 4. The molecule has 1 saturated carbocycles. The fraction of sp³-hybridized carbons (Fsp3) is 0.421. The summed E-state index contributed by atoms with van der Waals surface area (Å²) in [6.45, 7) is 5.83. The molecule has 1 spiro atoms. The van der Waals surface area contributed by atoms with E-state index in [2.05, 4.69) is 6.58 Å². The zero-order valence-electron chi connectivity index (χ0n) is 12.7. The fourth-order valence-electron chi connectivity index (χ4n) is 4.46. The fourth-order valence-corrected chi connectivity index (χ4v) is 4.46. The highest BCUT2D eigenvalue weighted by molar-refractivity contribution is 6.30. The van der Waals surface area contributed by atoms with Crippen molar-refractivity contribution in [1.29, 1.82) is 0 Å². The van der Waals surface area contributed by atoms with Gasteiger partial charge < -0.3 is 4.79 Å². The molecule has 114 valence electrons. The van der Waals surface area contributed by atoms with Gasteiger partial charge in [0.25, 0.3) is 0 Å². The number of hydrogen-bond donors (Lipinski definition) is 0. The van der Waals surface area contributed by atoms with Crippen LogP contribution in [-0.2, 0) is 4.79 Å². The Labute approximate surface area is 130 Å². The molecule has 22 heavy (non-hydrogen) atoms. The highest BCUT2D eigenvalue weighted by Gasteiger charge is 2.63. The third-order valence-electron chi connectivity index (χ3n) is 5.44. The lowest BCUT2D eigenvalue weighted by Crippen LogP contribution is -2.39. The smallest absolute Gasteiger partial charge is 0.177 e. The normalized spacial score (nSPS) is 28.9. The summed E-state index contributed by atoms with van der Waals surface area (Å²) in [5.74, 6) is -0.799. The van der Waals surface area contributed by atoms with Crippen molar-refractivity contribution in [3.8, 4) is 0 Å². The summed E-state index contributed by atoms with van der Waals surface area (Å²) in [7, 11) is 0. The molecule has 2 aliphatic carbocycles. The molecule has 0 bridgehead atoms. The largest absolute Gasteiger partial charge is 0.303 e. The quantitative estimate of drug-likeness (QED) is 0.485. The molecule has 0 N–H and O–H groups in total. The van der Waals surface area contributed by atoms with Gasteiger partial charge in [-0.05, 0) is 24.7 Å². The first-order valence-corrected chi connectivity index (χ1v) is 7.88. The second kappa shape index (κ2) is 5.31. The van der Waals surface area contributed by atoms with E-state index >= 15 is 0 Å². The Morgan fingerprint density at radius 3 is 2.27 bits per heavy atom. The van der Waals surface area contributed by atoms with Crippen LogP contribution in [0.2, 0.25) is 0 Å². The average molecular weight is 296 g/mol. The van der Waals surface area contributed by atoms with Crippen molar-refractivity contribution in [2.45, 2.75) is 26.2 Å². The number of benzene rings is 1. The van der Waals surface area contributed by atoms with Gasteiger partial charge in [-0.3, -0.25) is 9.59 Å². The van der Waals surface area contributed by atoms with Gasteiger partial charge in [0, 0.05) is 17.0 Å². The number of hydrogen-bond acceptors (Lipinski definition) is 3. The number of Topliss-reactive ketones (excluding diaryl/α,β-unsaturated/α-hetero) is 2. The van der Waals surface area contributed by atoms with Crippen LogP contribution >= 0.6 is 0 Å². The van der Waals surface area contributed by atoms with Crippen molar-refractivity contribution in [2.24, 2.45) is 23.2 Å². The van der Waals surface area contributed by atoms with Crippen molar-refractivity contribution < 1.29 is 14.4 Å². The third-order valence-corrected chi connectivity index (χ3v) is 5.44. The molecule has 1 aromatic carbocycles. The first-order chi connectivity index (χ1) is 10.6. The lowest BCUT2D eigenvalue weighted by Gasteiger charge is -2.29. The summed E-state index contributed by atoms with van der Waals surface area (Å²) in [5, 5.41) is 0. The van der Waals surface area contributed by atoms with E-state index in [1.54, 1.807) is 30.3 Å². The molecule has 0 radical (unpaired) electrons. The summed E-state index contributed by atoms with van der Waals surface area (Å²) in [5.41, 5.74) is -0.0182. The number of carbonyl (C=O) groups is 3. The van der Waals surface area contributed by atoms with Crippen molar-refractivity contribution in [2.75, 3.05) is 0 Å². The van der Waals surface area contributed by atoms with E-state index in [1.807, 2.05) is 6.92 Å². The van der Waals surface area contributed by atoms with Gasteiger partial charge >= 0.3 is 0 Å². The molecule has 3 nitrogen and oxygen atoms in total. The van der Waals surface area contributed by atoms with Gasteiger partial charge in [-0.1, -0.05) is 43.7 Å². The maximum absolute atomic E-state index is 13.1. The zero-order valence-corrected chi connectivity index (χ0v) is 12.7. The lowest BCUT2D eigenvalue weighted by molar-refractivity contribution is -0.113. The van der Waals surface area contributed by atoms with Crippen LogP contribution in [0.15, 0.2) is 36.9 Å². The van der Waals surface area contributed by atoms with Gasteiger partial charge in [-0.15, -0.1) is 6.58 Å². The Kier molecular flexibility index (Phi) is 3.59. The first kappa shape index (κ1) is 14.9. The predicted molar refractivity (Wildman–Crippen MR) is 83.8 cm³/mol. The van der Waals surface area contributed by atoms with Gasteiger partial charge in [0.15, 0.2) is 11.6 Å². The van der Waals surface area contributed by atoms with Gasteiger partial charge in [0.05, 0.1) is 0 Å². The van der Waals surface area contributed by atoms with Crippen LogP contribution in [0.3, 0.4) is 0 Å². The van der Waals surface area contributed by atoms with Crippen molar-refractivity contribution in [1.82, 2.24) is 0 Å². The SMILES string of the molecule is C=C[C@H]1CC2(C(=O)c3ccccc3C2=O)[C@H](CCC)[C@H]1C=O. The molecule has 3 atom stereocenters. The van der Waals surface area contributed by atoms with E-state index in [4.69, 9.17) is 0 Å². The minimum Gasteiger partial charge on any atom is -0.303 e. The minimum atomic E-state index is -1.05. The summed E-state index contributed by atoms with van der Waals surface area (Å²) in [4.78, 5) is 37.8. The second-order valence-electron chi connectivity index (χ2n) is 6.39. The highest BCUT2D eigenvalue weighted by atomic mass is 16.2. The van der Waals surface area contributed by atoms with Gasteiger partial charge in [0.2, 0.25) is 0 Å². The molecule has 1 aromatic rings. The van der Waals surface area contributed by atoms with Gasteiger partial charge in [0.1, 0.15) is 11.7 Å². The summed E-state index contributed by atoms with van der Waals surface area (Å²) in [6.07, 6.45) is 4.62. The van der Waals surface area contributed by atoms with Crippen LogP contribution in [0.4, 0.5) is 0 Å². The molecule has 2 aliphatic rings. The highest BCUT2D eigenvalue weighted by Crippen LogP contribution is 2.58. The molecular formula is C19H20O3. The molecule has 3 rings (SSSR count). The topological polar surface area (TPSA) is 51.2 Å². The zero-order chi connectivity index (χ0) is 15.9. The first-order valence-electron chi connectivity index (χ1n) is 7.88. The average Bonchev–Trinajstić information content (AvgIpc) is 2.98. The summed E-state index contributed by atoms with van der Waals surface area (Å²) >= 11 is 0. The van der Waals surface area contributed by atoms with Crippen LogP contribution in [0.5, 0.6) is 0 Å². The Morgan fingerprint density at radius 2 is 1.82 bits per heavy atom. The van der Waals surface area contributed by atoms with Crippen LogP contribution in [-0.4, -0.2) is 17.9 Å². The molecule has 0 heterocycles. The maximum Gasteiger partial charge on any atom is 0.177 e. The van der Waals surface area contributed by atoms with E-state index < -0.39 is 5.41 Å². The van der Waals surface area contributed by atoms with Crippen LogP contribution < -0.4 is 0 Å². The molecule has 0 saturated heterocycles. The Bertz CT molecular complexity index is 623. The molecule has 0 unspecified atom stereocenters. The van der Waals surface area contributed by atoms with Gasteiger partial charge in [-0.2, -0.15) is 0 Å². The van der Waals surface area contributed by atoms with Crippen LogP contribution in [0.25, 0.3) is 0 Å². The third kappa shape index (κ3) is 1.71. The molecule has 0 aromatic heterocycles. The number of allylic oxidation sites excluding steroid dienone is 1. The van der Waals surface area contributed by atoms with E-state index in [-0.39, 0.29) is 29.3 Å². The Hall–Kier alpha value is -2.03. The maximum atomic E-state index is 13.1. The number of fused-ring (bicyclic) bond motifs is 1. The molecule has 3 heteroatoms. The van der Waals surface area contributed by atoms with Crippen LogP contribution in [0.1, 0.15) is 46.9 Å². The van der Waals surface area contributed by atoms with Gasteiger partial charge in [-0.25, -0.2) is 0 Å². The molecule has 0 aliphatic heterocycles. The van der Waals surface area contributed by atoms with Crippen LogP contribution in [0, 0.1) is 23.2 Å². The monoisotopic (exact) mass is 296 g/mol. The molecule has 1 fully saturated rings. The van der Waals surface area contributed by atoms with Crippen molar-refractivity contribution in [3.63, 3.8) is 0 Å². The van der Waals surface area contributed by atoms with Crippen molar-refractivity contribution in [3.05, 3.63) is 48.0 Å². The number of ketones is 2. The standard InChI is InChI=1S/C19H20O3/c1-3-7-16-15(11-20)12(4-2)10-19(16)17(21)13-8-5-6-9-14(13)18(19)22/h4-6,8-9,11-12,15-16H,2-3,7,10H2,1H3/t12-,15-,16+/m0/s1. The van der Waals surface area contributed by atoms with Crippen molar-refractivity contribution >= 4 is 17.9 Å². The second-order valence-corrected chi connectivity index (χ2v) is 6.39. The van der Waals surface area contributed by atoms with E-state index in [0.29, 0.717) is 24.0 Å². The number of carbonyl (C=O) groups excluding carboxylic acids is 3. The molecule has 0 amide bonds. The van der Waals surface area contributed by atoms with E-state index in [1.165, 1.54) is 0 Å².